The number of likely N-dealkylation sites (tertiary alicyclic amines) is 1. The Hall–Kier alpha value is -1.35. The number of methoxy groups -OCH3 is 1. The van der Waals surface area contributed by atoms with Gasteiger partial charge in [0.25, 0.3) is 0 Å². The molecule has 0 radical (unpaired) electrons. The summed E-state index contributed by atoms with van der Waals surface area (Å²) in [4.78, 5) is 19.1. The average Bonchev–Trinajstić information content (AvgIpc) is 3.22. The zero-order valence-corrected chi connectivity index (χ0v) is 19.9. The lowest BCUT2D eigenvalue weighted by Gasteiger charge is -2.26. The van der Waals surface area contributed by atoms with Crippen molar-refractivity contribution in [3.8, 4) is 0 Å². The Morgan fingerprint density at radius 1 is 1.21 bits per heavy atom. The van der Waals surface area contributed by atoms with Crippen LogP contribution in [-0.4, -0.2) is 56.6 Å². The van der Waals surface area contributed by atoms with Crippen molar-refractivity contribution in [2.75, 3.05) is 33.8 Å². The molecular formula is C22H35IN4O2. The van der Waals surface area contributed by atoms with Crippen molar-refractivity contribution in [1.82, 2.24) is 15.5 Å². The molecule has 2 N–H and O–H groups in total. The number of carbonyl (C=O) groups excluding carboxylic acids is 1. The lowest BCUT2D eigenvalue weighted by atomic mass is 9.88. The number of hydrogen-bond acceptors (Lipinski definition) is 3. The molecule has 0 aromatic heterocycles. The van der Waals surface area contributed by atoms with Gasteiger partial charge in [-0.05, 0) is 24.8 Å². The highest BCUT2D eigenvalue weighted by Crippen LogP contribution is 2.26. The SMILES string of the molecule is CN=C(NCC(OC)c1ccccc1)NC1CCN(C(=O)C2CCCCC2)C1.I. The summed E-state index contributed by atoms with van der Waals surface area (Å²) in [7, 11) is 3.50. The fraction of sp³-hybridized carbons (Fsp3) is 0.636. The number of rotatable bonds is 6. The second-order valence-corrected chi connectivity index (χ2v) is 7.84. The summed E-state index contributed by atoms with van der Waals surface area (Å²) in [5, 5.41) is 6.84. The molecule has 7 heteroatoms. The minimum absolute atomic E-state index is 0. The first-order chi connectivity index (χ1) is 13.7. The van der Waals surface area contributed by atoms with E-state index in [1.165, 1.54) is 19.3 Å². The average molecular weight is 514 g/mol. The van der Waals surface area contributed by atoms with Crippen molar-refractivity contribution in [2.45, 2.75) is 50.7 Å². The molecule has 1 aliphatic heterocycles. The van der Waals surface area contributed by atoms with E-state index in [1.54, 1.807) is 14.2 Å². The Labute approximate surface area is 191 Å². The summed E-state index contributed by atoms with van der Waals surface area (Å²) in [6.45, 7) is 2.24. The van der Waals surface area contributed by atoms with Crippen LogP contribution < -0.4 is 10.6 Å². The molecule has 6 nitrogen and oxygen atoms in total. The first-order valence-electron chi connectivity index (χ1n) is 10.5. The molecule has 162 valence electrons. The monoisotopic (exact) mass is 514 g/mol. The molecule has 1 aromatic carbocycles. The zero-order chi connectivity index (χ0) is 19.8. The fourth-order valence-electron chi connectivity index (χ4n) is 4.27. The lowest BCUT2D eigenvalue weighted by Crippen LogP contribution is -2.46. The molecule has 1 saturated heterocycles. The van der Waals surface area contributed by atoms with E-state index in [-0.39, 0.29) is 42.0 Å². The molecule has 2 aliphatic rings. The van der Waals surface area contributed by atoms with E-state index in [9.17, 15) is 4.79 Å². The van der Waals surface area contributed by atoms with Gasteiger partial charge in [-0.15, -0.1) is 24.0 Å². The second kappa shape index (κ2) is 12.4. The summed E-state index contributed by atoms with van der Waals surface area (Å²) in [6.07, 6.45) is 6.73. The number of guanidine groups is 1. The molecule has 3 rings (SSSR count). The van der Waals surface area contributed by atoms with E-state index in [0.29, 0.717) is 12.5 Å². The Morgan fingerprint density at radius 3 is 2.59 bits per heavy atom. The quantitative estimate of drug-likeness (QED) is 0.347. The highest BCUT2D eigenvalue weighted by atomic mass is 127. The van der Waals surface area contributed by atoms with Crippen LogP contribution in [0.2, 0.25) is 0 Å². The number of halogens is 1. The number of amides is 1. The van der Waals surface area contributed by atoms with Crippen molar-refractivity contribution in [2.24, 2.45) is 10.9 Å². The maximum Gasteiger partial charge on any atom is 0.225 e. The van der Waals surface area contributed by atoms with Crippen LogP contribution in [0.3, 0.4) is 0 Å². The van der Waals surface area contributed by atoms with E-state index in [4.69, 9.17) is 4.74 Å². The van der Waals surface area contributed by atoms with E-state index < -0.39 is 0 Å². The maximum atomic E-state index is 12.7. The van der Waals surface area contributed by atoms with E-state index in [2.05, 4.69) is 27.8 Å². The Balaban J connectivity index is 0.00000300. The molecule has 29 heavy (non-hydrogen) atoms. The van der Waals surface area contributed by atoms with Crippen molar-refractivity contribution in [3.63, 3.8) is 0 Å². The van der Waals surface area contributed by atoms with Crippen molar-refractivity contribution in [3.05, 3.63) is 35.9 Å². The van der Waals surface area contributed by atoms with Crippen LogP contribution in [0.25, 0.3) is 0 Å². The molecule has 2 atom stereocenters. The lowest BCUT2D eigenvalue weighted by molar-refractivity contribution is -0.135. The van der Waals surface area contributed by atoms with Gasteiger partial charge in [-0.3, -0.25) is 9.79 Å². The first-order valence-corrected chi connectivity index (χ1v) is 10.5. The Bertz CT molecular complexity index is 649. The normalized spacial score (nSPS) is 21.4. The number of hydrogen-bond donors (Lipinski definition) is 2. The molecule has 1 amide bonds. The molecule has 1 aromatic rings. The number of ether oxygens (including phenoxy) is 1. The predicted octanol–water partition coefficient (Wildman–Crippen LogP) is 3.34. The highest BCUT2D eigenvalue weighted by molar-refractivity contribution is 14.0. The van der Waals surface area contributed by atoms with Gasteiger partial charge in [0.2, 0.25) is 5.91 Å². The molecule has 2 unspecified atom stereocenters. The van der Waals surface area contributed by atoms with Crippen molar-refractivity contribution < 1.29 is 9.53 Å². The van der Waals surface area contributed by atoms with Crippen LogP contribution in [0.1, 0.15) is 50.2 Å². The Kier molecular flexibility index (Phi) is 10.2. The maximum absolute atomic E-state index is 12.7. The number of nitrogens with one attached hydrogen (secondary N) is 2. The number of carbonyl (C=O) groups is 1. The third kappa shape index (κ3) is 6.84. The van der Waals surface area contributed by atoms with Crippen LogP contribution in [0, 0.1) is 5.92 Å². The largest absolute Gasteiger partial charge is 0.375 e. The Morgan fingerprint density at radius 2 is 1.93 bits per heavy atom. The molecule has 1 saturated carbocycles. The summed E-state index contributed by atoms with van der Waals surface area (Å²) in [6, 6.07) is 10.4. The van der Waals surface area contributed by atoms with Crippen LogP contribution in [0.15, 0.2) is 35.3 Å². The summed E-state index contributed by atoms with van der Waals surface area (Å²) in [5.74, 6) is 1.36. The van der Waals surface area contributed by atoms with Crippen LogP contribution in [0.4, 0.5) is 0 Å². The van der Waals surface area contributed by atoms with Crippen LogP contribution in [-0.2, 0) is 9.53 Å². The van der Waals surface area contributed by atoms with Gasteiger partial charge < -0.3 is 20.3 Å². The number of benzene rings is 1. The summed E-state index contributed by atoms with van der Waals surface area (Å²) >= 11 is 0. The molecule has 1 aliphatic carbocycles. The van der Waals surface area contributed by atoms with Crippen molar-refractivity contribution >= 4 is 35.8 Å². The smallest absolute Gasteiger partial charge is 0.225 e. The van der Waals surface area contributed by atoms with Gasteiger partial charge in [0.05, 0.1) is 6.10 Å². The summed E-state index contributed by atoms with van der Waals surface area (Å²) in [5.41, 5.74) is 1.14. The minimum atomic E-state index is -0.0345. The molecule has 0 bridgehead atoms. The van der Waals surface area contributed by atoms with Gasteiger partial charge in [0, 0.05) is 45.8 Å². The van der Waals surface area contributed by atoms with Gasteiger partial charge in [-0.25, -0.2) is 0 Å². The number of nitrogens with zero attached hydrogens (tertiary/aromatic N) is 2. The van der Waals surface area contributed by atoms with E-state index in [1.807, 2.05) is 23.1 Å². The van der Waals surface area contributed by atoms with Crippen LogP contribution in [0.5, 0.6) is 0 Å². The third-order valence-corrected chi connectivity index (χ3v) is 5.93. The summed E-state index contributed by atoms with van der Waals surface area (Å²) < 4.78 is 5.62. The highest BCUT2D eigenvalue weighted by Gasteiger charge is 2.31. The molecule has 1 heterocycles. The third-order valence-electron chi connectivity index (χ3n) is 5.93. The molecular weight excluding hydrogens is 479 g/mol. The topological polar surface area (TPSA) is 66.0 Å². The first kappa shape index (κ1) is 23.9. The van der Waals surface area contributed by atoms with E-state index in [0.717, 1.165) is 43.9 Å². The van der Waals surface area contributed by atoms with Gasteiger partial charge >= 0.3 is 0 Å². The van der Waals surface area contributed by atoms with Crippen molar-refractivity contribution in [1.29, 1.82) is 0 Å². The number of aliphatic imine (C=N–C) groups is 1. The van der Waals surface area contributed by atoms with Gasteiger partial charge in [0.15, 0.2) is 5.96 Å². The van der Waals surface area contributed by atoms with Gasteiger partial charge in [0.1, 0.15) is 0 Å². The zero-order valence-electron chi connectivity index (χ0n) is 17.6. The van der Waals surface area contributed by atoms with Gasteiger partial charge in [-0.2, -0.15) is 0 Å². The van der Waals surface area contributed by atoms with Gasteiger partial charge in [-0.1, -0.05) is 49.6 Å². The molecule has 2 fully saturated rings. The predicted molar refractivity (Wildman–Crippen MR) is 128 cm³/mol. The minimum Gasteiger partial charge on any atom is -0.375 e. The van der Waals surface area contributed by atoms with Crippen LogP contribution >= 0.6 is 24.0 Å². The second-order valence-electron chi connectivity index (χ2n) is 7.84. The standard InChI is InChI=1S/C22H34N4O2.HI/c1-23-22(24-15-20(28-2)17-9-5-3-6-10-17)25-19-13-14-26(16-19)21(27)18-11-7-4-8-12-18;/h3,5-6,9-10,18-20H,4,7-8,11-16H2,1-2H3,(H2,23,24,25);1H. The molecule has 0 spiro atoms. The van der Waals surface area contributed by atoms with E-state index >= 15 is 0 Å². The fourth-order valence-corrected chi connectivity index (χ4v) is 4.27.